The molecular weight excluding hydrogens is 234 g/mol. The predicted molar refractivity (Wildman–Crippen MR) is 83.5 cm³/mol. The van der Waals surface area contributed by atoms with Crippen molar-refractivity contribution in [3.05, 3.63) is 0 Å². The minimum Gasteiger partial charge on any atom is -0.382 e. The zero-order valence-electron chi connectivity index (χ0n) is 13.8. The van der Waals surface area contributed by atoms with Crippen molar-refractivity contribution >= 4 is 0 Å². The monoisotopic (exact) mass is 269 g/mol. The van der Waals surface area contributed by atoms with Crippen LogP contribution in [0.5, 0.6) is 0 Å². The van der Waals surface area contributed by atoms with Crippen molar-refractivity contribution in [1.29, 1.82) is 0 Å². The Balaban J connectivity index is 2.48. The minimum absolute atomic E-state index is 0.468. The van der Waals surface area contributed by atoms with Gasteiger partial charge >= 0.3 is 0 Å². The predicted octanol–water partition coefficient (Wildman–Crippen LogP) is 4.24. The van der Waals surface area contributed by atoms with Crippen LogP contribution in [0.25, 0.3) is 0 Å². The van der Waals surface area contributed by atoms with E-state index in [9.17, 15) is 0 Å². The van der Waals surface area contributed by atoms with Gasteiger partial charge in [-0.2, -0.15) is 0 Å². The molecule has 0 radical (unpaired) electrons. The van der Waals surface area contributed by atoms with Crippen LogP contribution in [0, 0.1) is 17.3 Å². The molecule has 0 aliphatic heterocycles. The van der Waals surface area contributed by atoms with E-state index in [2.05, 4.69) is 39.9 Å². The maximum atomic E-state index is 5.49. The van der Waals surface area contributed by atoms with Gasteiger partial charge in [-0.1, -0.05) is 27.7 Å². The average Bonchev–Trinajstić information content (AvgIpc) is 2.35. The molecule has 114 valence electrons. The van der Waals surface area contributed by atoms with Crippen LogP contribution in [0.4, 0.5) is 0 Å². The SMILES string of the molecule is CCNC1CCC(C(C)(C)C)CC1CCCOCC. The van der Waals surface area contributed by atoms with E-state index in [0.717, 1.165) is 37.6 Å². The fraction of sp³-hybridized carbons (Fsp3) is 1.00. The average molecular weight is 269 g/mol. The lowest BCUT2D eigenvalue weighted by molar-refractivity contribution is 0.0950. The Kier molecular flexibility index (Phi) is 7.38. The molecule has 1 fully saturated rings. The molecule has 1 rings (SSSR count). The molecule has 0 spiro atoms. The molecule has 0 aromatic heterocycles. The number of rotatable bonds is 7. The highest BCUT2D eigenvalue weighted by Crippen LogP contribution is 2.41. The molecule has 0 amide bonds. The van der Waals surface area contributed by atoms with Crippen LogP contribution in [-0.2, 0) is 4.74 Å². The summed E-state index contributed by atoms with van der Waals surface area (Å²) in [6, 6.07) is 0.741. The summed E-state index contributed by atoms with van der Waals surface area (Å²) >= 11 is 0. The van der Waals surface area contributed by atoms with Gasteiger partial charge in [-0.25, -0.2) is 0 Å². The minimum atomic E-state index is 0.468. The van der Waals surface area contributed by atoms with E-state index in [1.165, 1.54) is 32.1 Å². The second kappa shape index (κ2) is 8.26. The lowest BCUT2D eigenvalue weighted by Gasteiger charge is -2.42. The van der Waals surface area contributed by atoms with Gasteiger partial charge in [-0.05, 0) is 62.8 Å². The molecule has 0 aromatic carbocycles. The van der Waals surface area contributed by atoms with E-state index in [1.54, 1.807) is 0 Å². The lowest BCUT2D eigenvalue weighted by Crippen LogP contribution is -2.43. The molecule has 2 nitrogen and oxygen atoms in total. The van der Waals surface area contributed by atoms with Crippen LogP contribution in [0.3, 0.4) is 0 Å². The molecule has 0 heterocycles. The molecule has 19 heavy (non-hydrogen) atoms. The molecule has 1 N–H and O–H groups in total. The first kappa shape index (κ1) is 17.0. The smallest absolute Gasteiger partial charge is 0.0466 e. The standard InChI is InChI=1S/C17H35NO/c1-6-18-16-11-10-15(17(3,4)5)13-14(16)9-8-12-19-7-2/h14-16,18H,6-13H2,1-5H3. The van der Waals surface area contributed by atoms with Gasteiger partial charge in [-0.3, -0.25) is 0 Å². The highest BCUT2D eigenvalue weighted by molar-refractivity contribution is 4.88. The summed E-state index contributed by atoms with van der Waals surface area (Å²) in [6.07, 6.45) is 6.69. The van der Waals surface area contributed by atoms with Gasteiger partial charge in [0.05, 0.1) is 0 Å². The van der Waals surface area contributed by atoms with Gasteiger partial charge < -0.3 is 10.1 Å². The van der Waals surface area contributed by atoms with Gasteiger partial charge in [0.25, 0.3) is 0 Å². The van der Waals surface area contributed by atoms with Gasteiger partial charge in [0, 0.05) is 19.3 Å². The first-order valence-corrected chi connectivity index (χ1v) is 8.30. The number of nitrogens with one attached hydrogen (secondary N) is 1. The molecule has 0 aromatic rings. The van der Waals surface area contributed by atoms with Crippen LogP contribution in [0.15, 0.2) is 0 Å². The van der Waals surface area contributed by atoms with E-state index < -0.39 is 0 Å². The third-order valence-corrected chi connectivity index (χ3v) is 4.74. The highest BCUT2D eigenvalue weighted by atomic mass is 16.5. The maximum Gasteiger partial charge on any atom is 0.0466 e. The summed E-state index contributed by atoms with van der Waals surface area (Å²) in [7, 11) is 0. The fourth-order valence-corrected chi connectivity index (χ4v) is 3.49. The lowest BCUT2D eigenvalue weighted by atomic mass is 9.66. The molecule has 0 bridgehead atoms. The summed E-state index contributed by atoms with van der Waals surface area (Å²) in [5, 5.41) is 3.71. The summed E-state index contributed by atoms with van der Waals surface area (Å²) in [5.41, 5.74) is 0.468. The van der Waals surface area contributed by atoms with Crippen molar-refractivity contribution < 1.29 is 4.74 Å². The highest BCUT2D eigenvalue weighted by Gasteiger charge is 2.35. The molecule has 3 unspecified atom stereocenters. The Morgan fingerprint density at radius 3 is 2.47 bits per heavy atom. The summed E-state index contributed by atoms with van der Waals surface area (Å²) in [6.45, 7) is 14.4. The number of hydrogen-bond donors (Lipinski definition) is 1. The largest absolute Gasteiger partial charge is 0.382 e. The summed E-state index contributed by atoms with van der Waals surface area (Å²) < 4.78 is 5.49. The third kappa shape index (κ3) is 5.83. The second-order valence-corrected chi connectivity index (χ2v) is 7.14. The van der Waals surface area contributed by atoms with Gasteiger partial charge in [0.1, 0.15) is 0 Å². The first-order valence-electron chi connectivity index (χ1n) is 8.30. The summed E-state index contributed by atoms with van der Waals surface area (Å²) in [4.78, 5) is 0. The Labute approximate surface area is 120 Å². The normalized spacial score (nSPS) is 28.6. The van der Waals surface area contributed by atoms with Crippen molar-refractivity contribution in [3.8, 4) is 0 Å². The van der Waals surface area contributed by atoms with Gasteiger partial charge in [0.15, 0.2) is 0 Å². The third-order valence-electron chi connectivity index (χ3n) is 4.74. The van der Waals surface area contributed by atoms with Crippen molar-refractivity contribution in [3.63, 3.8) is 0 Å². The molecular formula is C17H35NO. The van der Waals surface area contributed by atoms with E-state index >= 15 is 0 Å². The maximum absolute atomic E-state index is 5.49. The molecule has 2 heteroatoms. The first-order chi connectivity index (χ1) is 8.99. The van der Waals surface area contributed by atoms with Gasteiger partial charge in [-0.15, -0.1) is 0 Å². The van der Waals surface area contributed by atoms with E-state index in [4.69, 9.17) is 4.74 Å². The van der Waals surface area contributed by atoms with Crippen molar-refractivity contribution in [2.45, 2.75) is 72.8 Å². The molecule has 1 saturated carbocycles. The fourth-order valence-electron chi connectivity index (χ4n) is 3.49. The zero-order chi connectivity index (χ0) is 14.3. The van der Waals surface area contributed by atoms with Crippen molar-refractivity contribution in [2.24, 2.45) is 17.3 Å². The van der Waals surface area contributed by atoms with Crippen LogP contribution in [0.2, 0.25) is 0 Å². The number of hydrogen-bond acceptors (Lipinski definition) is 2. The van der Waals surface area contributed by atoms with Crippen LogP contribution < -0.4 is 5.32 Å². The van der Waals surface area contributed by atoms with E-state index in [1.807, 2.05) is 0 Å². The number of ether oxygens (including phenoxy) is 1. The van der Waals surface area contributed by atoms with Crippen molar-refractivity contribution in [2.75, 3.05) is 19.8 Å². The zero-order valence-corrected chi connectivity index (χ0v) is 13.8. The van der Waals surface area contributed by atoms with Crippen molar-refractivity contribution in [1.82, 2.24) is 5.32 Å². The second-order valence-electron chi connectivity index (χ2n) is 7.14. The molecule has 1 aliphatic rings. The van der Waals surface area contributed by atoms with Crippen LogP contribution in [-0.4, -0.2) is 25.8 Å². The summed E-state index contributed by atoms with van der Waals surface area (Å²) in [5.74, 6) is 1.73. The molecule has 1 aliphatic carbocycles. The Morgan fingerprint density at radius 1 is 1.16 bits per heavy atom. The van der Waals surface area contributed by atoms with Gasteiger partial charge in [0.2, 0.25) is 0 Å². The Morgan fingerprint density at radius 2 is 1.89 bits per heavy atom. The topological polar surface area (TPSA) is 21.3 Å². The van der Waals surface area contributed by atoms with E-state index in [0.29, 0.717) is 5.41 Å². The quantitative estimate of drug-likeness (QED) is 0.698. The van der Waals surface area contributed by atoms with Crippen LogP contribution in [0.1, 0.15) is 66.7 Å². The van der Waals surface area contributed by atoms with E-state index in [-0.39, 0.29) is 0 Å². The Hall–Kier alpha value is -0.0800. The molecule has 3 atom stereocenters. The Bertz CT molecular complexity index is 234. The van der Waals surface area contributed by atoms with Crippen LogP contribution >= 0.6 is 0 Å². The molecule has 0 saturated heterocycles.